The average Bonchev–Trinajstić information content (AvgIpc) is 3.02. The van der Waals surface area contributed by atoms with Crippen LogP contribution < -0.4 is 0 Å². The maximum Gasteiger partial charge on any atom is 0.184 e. The molecule has 0 unspecified atom stereocenters. The highest BCUT2D eigenvalue weighted by atomic mass is 16.7. The summed E-state index contributed by atoms with van der Waals surface area (Å²) in [6, 6.07) is 17.8. The molecule has 1 aliphatic rings. The van der Waals surface area contributed by atoms with Gasteiger partial charge in [-0.2, -0.15) is 5.26 Å². The summed E-state index contributed by atoms with van der Waals surface area (Å²) in [7, 11) is 0. The third-order valence-electron chi connectivity index (χ3n) is 3.11. The molecule has 1 saturated heterocycles. The van der Waals surface area contributed by atoms with Crippen LogP contribution in [0.25, 0.3) is 11.1 Å². The summed E-state index contributed by atoms with van der Waals surface area (Å²) in [5.74, 6) is 0. The van der Waals surface area contributed by atoms with Crippen molar-refractivity contribution in [2.75, 3.05) is 13.2 Å². The summed E-state index contributed by atoms with van der Waals surface area (Å²) in [6.07, 6.45) is -0.265. The van der Waals surface area contributed by atoms with E-state index in [1.165, 1.54) is 0 Å². The lowest BCUT2D eigenvalue weighted by Crippen LogP contribution is -1.97. The van der Waals surface area contributed by atoms with Gasteiger partial charge in [0, 0.05) is 5.56 Å². The Morgan fingerprint density at radius 2 is 1.63 bits per heavy atom. The fraction of sp³-hybridized carbons (Fsp3) is 0.188. The van der Waals surface area contributed by atoms with Crippen molar-refractivity contribution < 1.29 is 9.47 Å². The molecular weight excluding hydrogens is 238 g/mol. The minimum absolute atomic E-state index is 0.265. The standard InChI is InChI=1S/C16H13NO2/c17-11-12-3-1-4-13(9-12)14-5-2-6-15(10-14)16-18-7-8-19-16/h1-6,9-10,16H,7-8H2. The van der Waals surface area contributed by atoms with E-state index in [9.17, 15) is 0 Å². The summed E-state index contributed by atoms with van der Waals surface area (Å²) in [4.78, 5) is 0. The van der Waals surface area contributed by atoms with Crippen molar-refractivity contribution in [2.45, 2.75) is 6.29 Å². The van der Waals surface area contributed by atoms with Crippen LogP contribution in [-0.2, 0) is 9.47 Å². The van der Waals surface area contributed by atoms with Gasteiger partial charge in [0.15, 0.2) is 6.29 Å². The minimum atomic E-state index is -0.265. The first kappa shape index (κ1) is 11.9. The first-order valence-electron chi connectivity index (χ1n) is 6.20. The summed E-state index contributed by atoms with van der Waals surface area (Å²) in [5.41, 5.74) is 3.77. The van der Waals surface area contributed by atoms with E-state index in [0.29, 0.717) is 18.8 Å². The van der Waals surface area contributed by atoms with Crippen molar-refractivity contribution >= 4 is 0 Å². The maximum absolute atomic E-state index is 8.95. The van der Waals surface area contributed by atoms with Gasteiger partial charge in [0.25, 0.3) is 0 Å². The SMILES string of the molecule is N#Cc1cccc(-c2cccc(C3OCCO3)c2)c1. The molecule has 19 heavy (non-hydrogen) atoms. The zero-order valence-electron chi connectivity index (χ0n) is 10.4. The molecule has 0 radical (unpaired) electrons. The minimum Gasteiger partial charge on any atom is -0.346 e. The monoisotopic (exact) mass is 251 g/mol. The largest absolute Gasteiger partial charge is 0.346 e. The Labute approximate surface area is 112 Å². The van der Waals surface area contributed by atoms with E-state index < -0.39 is 0 Å². The molecule has 1 heterocycles. The molecule has 0 N–H and O–H groups in total. The molecule has 2 aromatic rings. The third-order valence-corrected chi connectivity index (χ3v) is 3.11. The van der Waals surface area contributed by atoms with E-state index in [2.05, 4.69) is 6.07 Å². The van der Waals surface area contributed by atoms with Crippen molar-refractivity contribution in [1.82, 2.24) is 0 Å². The molecule has 0 aromatic heterocycles. The van der Waals surface area contributed by atoms with Gasteiger partial charge < -0.3 is 9.47 Å². The molecule has 3 rings (SSSR count). The van der Waals surface area contributed by atoms with Gasteiger partial charge in [0.2, 0.25) is 0 Å². The topological polar surface area (TPSA) is 42.2 Å². The Morgan fingerprint density at radius 3 is 2.37 bits per heavy atom. The smallest absolute Gasteiger partial charge is 0.184 e. The van der Waals surface area contributed by atoms with Crippen molar-refractivity contribution in [3.05, 3.63) is 59.7 Å². The summed E-state index contributed by atoms with van der Waals surface area (Å²) < 4.78 is 11.0. The normalized spacial score (nSPS) is 15.3. The van der Waals surface area contributed by atoms with Crippen LogP contribution in [-0.4, -0.2) is 13.2 Å². The third kappa shape index (κ3) is 2.50. The van der Waals surface area contributed by atoms with Crippen molar-refractivity contribution in [3.8, 4) is 17.2 Å². The lowest BCUT2D eigenvalue weighted by atomic mass is 10.0. The second kappa shape index (κ2) is 5.23. The number of ether oxygens (including phenoxy) is 2. The van der Waals surface area contributed by atoms with Crippen LogP contribution >= 0.6 is 0 Å². The predicted octanol–water partition coefficient (Wildman–Crippen LogP) is 3.27. The molecule has 0 spiro atoms. The molecule has 1 fully saturated rings. The second-order valence-electron chi connectivity index (χ2n) is 4.39. The molecule has 1 aliphatic heterocycles. The summed E-state index contributed by atoms with van der Waals surface area (Å²) in [6.45, 7) is 1.28. The van der Waals surface area contributed by atoms with E-state index in [-0.39, 0.29) is 6.29 Å². The highest BCUT2D eigenvalue weighted by Gasteiger charge is 2.18. The van der Waals surface area contributed by atoms with Gasteiger partial charge in [-0.3, -0.25) is 0 Å². The molecule has 2 aromatic carbocycles. The van der Waals surface area contributed by atoms with E-state index in [4.69, 9.17) is 14.7 Å². The number of rotatable bonds is 2. The zero-order chi connectivity index (χ0) is 13.1. The number of nitrogens with zero attached hydrogens (tertiary/aromatic N) is 1. The fourth-order valence-electron chi connectivity index (χ4n) is 2.18. The molecule has 0 aliphatic carbocycles. The lowest BCUT2D eigenvalue weighted by molar-refractivity contribution is -0.0440. The number of nitriles is 1. The van der Waals surface area contributed by atoms with Crippen LogP contribution in [0.2, 0.25) is 0 Å². The van der Waals surface area contributed by atoms with Crippen LogP contribution in [0.3, 0.4) is 0 Å². The molecule has 0 saturated carbocycles. The van der Waals surface area contributed by atoms with Gasteiger partial charge in [-0.05, 0) is 29.3 Å². The molecule has 3 nitrogen and oxygen atoms in total. The number of benzene rings is 2. The van der Waals surface area contributed by atoms with Crippen LogP contribution in [0.4, 0.5) is 0 Å². The van der Waals surface area contributed by atoms with E-state index in [1.807, 2.05) is 42.5 Å². The van der Waals surface area contributed by atoms with Crippen molar-refractivity contribution in [1.29, 1.82) is 5.26 Å². The van der Waals surface area contributed by atoms with Crippen LogP contribution in [0.15, 0.2) is 48.5 Å². The zero-order valence-corrected chi connectivity index (χ0v) is 10.4. The molecule has 0 amide bonds. The molecule has 0 atom stereocenters. The van der Waals surface area contributed by atoms with Crippen LogP contribution in [0.5, 0.6) is 0 Å². The predicted molar refractivity (Wildman–Crippen MR) is 71.2 cm³/mol. The number of hydrogen-bond acceptors (Lipinski definition) is 3. The number of hydrogen-bond donors (Lipinski definition) is 0. The van der Waals surface area contributed by atoms with Gasteiger partial charge in [0.05, 0.1) is 24.8 Å². The van der Waals surface area contributed by atoms with Crippen LogP contribution in [0.1, 0.15) is 17.4 Å². The first-order chi connectivity index (χ1) is 9.36. The molecular formula is C16H13NO2. The van der Waals surface area contributed by atoms with E-state index >= 15 is 0 Å². The molecule has 94 valence electrons. The van der Waals surface area contributed by atoms with Crippen LogP contribution in [0, 0.1) is 11.3 Å². The van der Waals surface area contributed by atoms with Gasteiger partial charge in [-0.15, -0.1) is 0 Å². The van der Waals surface area contributed by atoms with Gasteiger partial charge in [0.1, 0.15) is 0 Å². The van der Waals surface area contributed by atoms with Gasteiger partial charge >= 0.3 is 0 Å². The van der Waals surface area contributed by atoms with Crippen molar-refractivity contribution in [3.63, 3.8) is 0 Å². The summed E-state index contributed by atoms with van der Waals surface area (Å²) >= 11 is 0. The Morgan fingerprint density at radius 1 is 0.947 bits per heavy atom. The molecule has 3 heteroatoms. The van der Waals surface area contributed by atoms with Gasteiger partial charge in [-0.25, -0.2) is 0 Å². The quantitative estimate of drug-likeness (QED) is 0.822. The Balaban J connectivity index is 1.96. The van der Waals surface area contributed by atoms with Gasteiger partial charge in [-0.1, -0.05) is 30.3 Å². The highest BCUT2D eigenvalue weighted by Crippen LogP contribution is 2.28. The Hall–Kier alpha value is -2.15. The van der Waals surface area contributed by atoms with E-state index in [0.717, 1.165) is 16.7 Å². The Bertz CT molecular complexity index is 625. The summed E-state index contributed by atoms with van der Waals surface area (Å²) in [5, 5.41) is 8.95. The highest BCUT2D eigenvalue weighted by molar-refractivity contribution is 5.65. The van der Waals surface area contributed by atoms with Crippen molar-refractivity contribution in [2.24, 2.45) is 0 Å². The maximum atomic E-state index is 8.95. The lowest BCUT2D eigenvalue weighted by Gasteiger charge is -2.11. The fourth-order valence-corrected chi connectivity index (χ4v) is 2.18. The molecule has 0 bridgehead atoms. The average molecular weight is 251 g/mol. The Kier molecular flexibility index (Phi) is 3.28. The first-order valence-corrected chi connectivity index (χ1v) is 6.20. The van der Waals surface area contributed by atoms with E-state index in [1.54, 1.807) is 6.07 Å². The second-order valence-corrected chi connectivity index (χ2v) is 4.39.